The number of rotatable bonds is 4. The quantitative estimate of drug-likeness (QED) is 0.890. The number of aliphatic hydroxyl groups is 1. The lowest BCUT2D eigenvalue weighted by Crippen LogP contribution is -2.38. The number of halogens is 1. The van der Waals surface area contributed by atoms with Crippen LogP contribution in [0.2, 0.25) is 0 Å². The predicted octanol–water partition coefficient (Wildman–Crippen LogP) is 2.74. The monoisotopic (exact) mass is 279 g/mol. The molecule has 2 N–H and O–H groups in total. The van der Waals surface area contributed by atoms with E-state index in [1.165, 1.54) is 12.1 Å². The fourth-order valence-corrected chi connectivity index (χ4v) is 2.69. The molecule has 0 radical (unpaired) electrons. The smallest absolute Gasteiger partial charge is 0.220 e. The number of nitrogens with one attached hydrogen (secondary N) is 1. The summed E-state index contributed by atoms with van der Waals surface area (Å²) in [5, 5.41) is 12.5. The second-order valence-electron chi connectivity index (χ2n) is 5.73. The van der Waals surface area contributed by atoms with Crippen LogP contribution in [-0.4, -0.2) is 23.2 Å². The minimum atomic E-state index is -0.258. The van der Waals surface area contributed by atoms with Crippen LogP contribution in [0.5, 0.6) is 0 Å². The largest absolute Gasteiger partial charge is 0.393 e. The van der Waals surface area contributed by atoms with Crippen LogP contribution >= 0.6 is 0 Å². The summed E-state index contributed by atoms with van der Waals surface area (Å²) >= 11 is 0. The van der Waals surface area contributed by atoms with Gasteiger partial charge in [-0.3, -0.25) is 4.79 Å². The summed E-state index contributed by atoms with van der Waals surface area (Å²) in [6.45, 7) is 1.97. The van der Waals surface area contributed by atoms with E-state index in [1.54, 1.807) is 12.1 Å². The summed E-state index contributed by atoms with van der Waals surface area (Å²) in [5.74, 6) is -0.154. The lowest BCUT2D eigenvalue weighted by atomic mass is 9.92. The van der Waals surface area contributed by atoms with Crippen molar-refractivity contribution in [3.8, 4) is 0 Å². The van der Waals surface area contributed by atoms with Gasteiger partial charge in [-0.2, -0.15) is 0 Å². The van der Waals surface area contributed by atoms with Gasteiger partial charge in [-0.1, -0.05) is 19.1 Å². The van der Waals surface area contributed by atoms with Gasteiger partial charge in [0, 0.05) is 12.5 Å². The Labute approximate surface area is 119 Å². The lowest BCUT2D eigenvalue weighted by Gasteiger charge is -2.26. The van der Waals surface area contributed by atoms with Gasteiger partial charge in [0.1, 0.15) is 5.82 Å². The van der Waals surface area contributed by atoms with E-state index in [0.29, 0.717) is 6.42 Å². The van der Waals surface area contributed by atoms with Crippen LogP contribution in [0.15, 0.2) is 24.3 Å². The van der Waals surface area contributed by atoms with Crippen molar-refractivity contribution in [3.63, 3.8) is 0 Å². The van der Waals surface area contributed by atoms with Gasteiger partial charge in [-0.25, -0.2) is 4.39 Å². The van der Waals surface area contributed by atoms with Crippen molar-refractivity contribution in [2.45, 2.75) is 57.1 Å². The SMILES string of the molecule is CC(CC(=O)NC1CCC(O)CC1)c1ccc(F)cc1. The molecule has 20 heavy (non-hydrogen) atoms. The Kier molecular flexibility index (Phi) is 5.12. The Morgan fingerprint density at radius 1 is 1.30 bits per heavy atom. The summed E-state index contributed by atoms with van der Waals surface area (Å²) < 4.78 is 12.9. The first kappa shape index (κ1) is 15.0. The fraction of sp³-hybridized carbons (Fsp3) is 0.562. The van der Waals surface area contributed by atoms with Crippen LogP contribution in [0.25, 0.3) is 0 Å². The highest BCUT2D eigenvalue weighted by Crippen LogP contribution is 2.21. The highest BCUT2D eigenvalue weighted by atomic mass is 19.1. The van der Waals surface area contributed by atoms with Crippen LogP contribution < -0.4 is 5.32 Å². The third kappa shape index (κ3) is 4.30. The zero-order valence-corrected chi connectivity index (χ0v) is 11.8. The van der Waals surface area contributed by atoms with Gasteiger partial charge in [0.25, 0.3) is 0 Å². The van der Waals surface area contributed by atoms with E-state index >= 15 is 0 Å². The zero-order chi connectivity index (χ0) is 14.5. The molecule has 1 saturated carbocycles. The van der Waals surface area contributed by atoms with E-state index in [9.17, 15) is 14.3 Å². The van der Waals surface area contributed by atoms with E-state index in [-0.39, 0.29) is 29.8 Å². The van der Waals surface area contributed by atoms with Gasteiger partial charge < -0.3 is 10.4 Å². The highest BCUT2D eigenvalue weighted by Gasteiger charge is 2.21. The second kappa shape index (κ2) is 6.84. The number of aliphatic hydroxyl groups excluding tert-OH is 1. The average molecular weight is 279 g/mol. The lowest BCUT2D eigenvalue weighted by molar-refractivity contribution is -0.122. The molecule has 1 aliphatic rings. The maximum Gasteiger partial charge on any atom is 0.220 e. The van der Waals surface area contributed by atoms with E-state index in [0.717, 1.165) is 31.2 Å². The molecular weight excluding hydrogens is 257 g/mol. The highest BCUT2D eigenvalue weighted by molar-refractivity contribution is 5.77. The minimum Gasteiger partial charge on any atom is -0.393 e. The molecule has 0 aliphatic heterocycles. The normalized spacial score (nSPS) is 24.1. The molecule has 1 atom stereocenters. The molecule has 1 aliphatic carbocycles. The maximum atomic E-state index is 12.9. The molecule has 3 nitrogen and oxygen atoms in total. The summed E-state index contributed by atoms with van der Waals surface area (Å²) in [6, 6.07) is 6.49. The summed E-state index contributed by atoms with van der Waals surface area (Å²) in [6.07, 6.45) is 3.42. The van der Waals surface area contributed by atoms with E-state index in [4.69, 9.17) is 0 Å². The molecule has 0 aromatic heterocycles. The number of hydrogen-bond donors (Lipinski definition) is 2. The molecule has 1 aromatic carbocycles. The minimum absolute atomic E-state index is 0.0308. The van der Waals surface area contributed by atoms with Crippen molar-refractivity contribution in [1.82, 2.24) is 5.32 Å². The van der Waals surface area contributed by atoms with Gasteiger partial charge >= 0.3 is 0 Å². The second-order valence-corrected chi connectivity index (χ2v) is 5.73. The Morgan fingerprint density at radius 3 is 2.50 bits per heavy atom. The number of amides is 1. The number of benzene rings is 1. The van der Waals surface area contributed by atoms with Crippen molar-refractivity contribution in [3.05, 3.63) is 35.6 Å². The molecule has 1 unspecified atom stereocenters. The first-order valence-corrected chi connectivity index (χ1v) is 7.27. The molecule has 1 aromatic rings. The fourth-order valence-electron chi connectivity index (χ4n) is 2.69. The topological polar surface area (TPSA) is 49.3 Å². The van der Waals surface area contributed by atoms with Crippen molar-refractivity contribution in [2.75, 3.05) is 0 Å². The van der Waals surface area contributed by atoms with Crippen LogP contribution in [0, 0.1) is 5.82 Å². The molecule has 1 amide bonds. The van der Waals surface area contributed by atoms with Crippen molar-refractivity contribution in [2.24, 2.45) is 0 Å². The van der Waals surface area contributed by atoms with E-state index in [1.807, 2.05) is 6.92 Å². The van der Waals surface area contributed by atoms with Crippen molar-refractivity contribution < 1.29 is 14.3 Å². The molecule has 0 saturated heterocycles. The molecular formula is C16H22FNO2. The number of hydrogen-bond acceptors (Lipinski definition) is 2. The third-order valence-electron chi connectivity index (χ3n) is 3.99. The Balaban J connectivity index is 1.80. The third-order valence-corrected chi connectivity index (χ3v) is 3.99. The summed E-state index contributed by atoms with van der Waals surface area (Å²) in [5.41, 5.74) is 0.973. The van der Waals surface area contributed by atoms with Gasteiger partial charge in [0.2, 0.25) is 5.91 Å². The average Bonchev–Trinajstić information content (AvgIpc) is 2.42. The molecule has 2 rings (SSSR count). The van der Waals surface area contributed by atoms with Gasteiger partial charge in [0.05, 0.1) is 6.10 Å². The Bertz CT molecular complexity index is 438. The van der Waals surface area contributed by atoms with Gasteiger partial charge in [-0.05, 0) is 49.3 Å². The van der Waals surface area contributed by atoms with Crippen LogP contribution in [0.4, 0.5) is 4.39 Å². The molecule has 4 heteroatoms. The van der Waals surface area contributed by atoms with Gasteiger partial charge in [0.15, 0.2) is 0 Å². The first-order valence-electron chi connectivity index (χ1n) is 7.27. The number of carbonyl (C=O) groups is 1. The zero-order valence-electron chi connectivity index (χ0n) is 11.8. The molecule has 0 spiro atoms. The Morgan fingerprint density at radius 2 is 1.90 bits per heavy atom. The summed E-state index contributed by atoms with van der Waals surface area (Å²) in [7, 11) is 0. The van der Waals surface area contributed by atoms with Crippen molar-refractivity contribution >= 4 is 5.91 Å². The van der Waals surface area contributed by atoms with Crippen molar-refractivity contribution in [1.29, 1.82) is 0 Å². The Hall–Kier alpha value is -1.42. The maximum absolute atomic E-state index is 12.9. The number of carbonyl (C=O) groups excluding carboxylic acids is 1. The molecule has 110 valence electrons. The van der Waals surface area contributed by atoms with Gasteiger partial charge in [-0.15, -0.1) is 0 Å². The van der Waals surface area contributed by atoms with Crippen LogP contribution in [0.3, 0.4) is 0 Å². The molecule has 0 heterocycles. The van der Waals surface area contributed by atoms with E-state index in [2.05, 4.69) is 5.32 Å². The van der Waals surface area contributed by atoms with E-state index < -0.39 is 0 Å². The van der Waals surface area contributed by atoms with Crippen LogP contribution in [0.1, 0.15) is 50.5 Å². The standard InChI is InChI=1S/C16H22FNO2/c1-11(12-2-4-13(17)5-3-12)10-16(20)18-14-6-8-15(19)9-7-14/h2-5,11,14-15,19H,6-10H2,1H3,(H,18,20). The predicted molar refractivity (Wildman–Crippen MR) is 75.8 cm³/mol. The summed E-state index contributed by atoms with van der Waals surface area (Å²) in [4.78, 5) is 12.0. The first-order chi connectivity index (χ1) is 9.54. The molecule has 1 fully saturated rings. The van der Waals surface area contributed by atoms with Crippen LogP contribution in [-0.2, 0) is 4.79 Å². The molecule has 0 bridgehead atoms.